The maximum absolute atomic E-state index is 2.67. The van der Waals surface area contributed by atoms with E-state index >= 15 is 0 Å². The van der Waals surface area contributed by atoms with Crippen molar-refractivity contribution in [3.8, 4) is 0 Å². The molecule has 0 heterocycles. The molecule has 0 aromatic rings. The molecule has 15 heavy (non-hydrogen) atoms. The van der Waals surface area contributed by atoms with E-state index in [1.54, 1.807) is 3.88 Å². The van der Waals surface area contributed by atoms with Gasteiger partial charge in [-0.3, -0.25) is 0 Å². The number of hydrogen-bond acceptors (Lipinski definition) is 0. The second-order valence-electron chi connectivity index (χ2n) is 7.78. The molecule has 92 valence electrons. The van der Waals surface area contributed by atoms with Crippen molar-refractivity contribution in [1.29, 1.82) is 0 Å². The molecule has 0 aliphatic heterocycles. The quantitative estimate of drug-likeness (QED) is 0.624. The van der Waals surface area contributed by atoms with Crippen molar-refractivity contribution in [1.82, 2.24) is 0 Å². The molecule has 0 radical (unpaired) electrons. The summed E-state index contributed by atoms with van der Waals surface area (Å²) in [6, 6.07) is 0. The second-order valence-corrected chi connectivity index (χ2v) is 43.8. The van der Waals surface area contributed by atoms with Gasteiger partial charge in [-0.2, -0.15) is 0 Å². The van der Waals surface area contributed by atoms with E-state index in [-0.39, 0.29) is 24.8 Å². The molecular formula is C11H26Cl2SiTi. The average molecular weight is 305 g/mol. The van der Waals surface area contributed by atoms with Gasteiger partial charge in [-0.25, -0.2) is 0 Å². The summed E-state index contributed by atoms with van der Waals surface area (Å²) in [4.78, 5) is 0. The fraction of sp³-hybridized carbons (Fsp3) is 0.636. The van der Waals surface area contributed by atoms with E-state index in [2.05, 4.69) is 52.2 Å². The normalized spacial score (nSPS) is 19.8. The zero-order chi connectivity index (χ0) is 10.4. The molecule has 0 unspecified atom stereocenters. The molecule has 0 saturated carbocycles. The van der Waals surface area contributed by atoms with Crippen LogP contribution in [0.3, 0.4) is 0 Å². The molecular weight excluding hydrogens is 279 g/mol. The van der Waals surface area contributed by atoms with Gasteiger partial charge < -0.3 is 0 Å². The van der Waals surface area contributed by atoms with Crippen molar-refractivity contribution in [2.45, 2.75) is 40.4 Å². The van der Waals surface area contributed by atoms with Gasteiger partial charge in [-0.05, 0) is 0 Å². The van der Waals surface area contributed by atoms with E-state index in [4.69, 9.17) is 0 Å². The van der Waals surface area contributed by atoms with E-state index in [0.717, 1.165) is 0 Å². The van der Waals surface area contributed by atoms with Crippen molar-refractivity contribution in [2.24, 2.45) is 0 Å². The summed E-state index contributed by atoms with van der Waals surface area (Å²) in [5, 5.41) is 10.5. The van der Waals surface area contributed by atoms with Gasteiger partial charge in [0.05, 0.1) is 0 Å². The van der Waals surface area contributed by atoms with Crippen molar-refractivity contribution < 1.29 is 13.3 Å². The Hall–Kier alpha value is 0.991. The maximum Gasteiger partial charge on any atom is -0.147 e. The third-order valence-electron chi connectivity index (χ3n) is 4.84. The van der Waals surface area contributed by atoms with Crippen LogP contribution in [0.15, 0.2) is 22.1 Å². The van der Waals surface area contributed by atoms with Gasteiger partial charge in [0.2, 0.25) is 0 Å². The second kappa shape index (κ2) is 4.34. The van der Waals surface area contributed by atoms with E-state index < -0.39 is 19.9 Å². The molecule has 0 saturated heterocycles. The van der Waals surface area contributed by atoms with Crippen LogP contribution in [0.4, 0.5) is 0 Å². The number of halogens is 2. The predicted octanol–water partition coefficient (Wildman–Crippen LogP) is 5.07. The molecule has 1 aliphatic carbocycles. The number of rotatable bonds is 2. The predicted molar refractivity (Wildman–Crippen MR) is 78.7 cm³/mol. The van der Waals surface area contributed by atoms with E-state index in [0.29, 0.717) is 0 Å². The molecule has 0 amide bonds. The molecule has 0 aromatic heterocycles. The minimum atomic E-state index is -2.67. The largest absolute Gasteiger partial charge is 0.147 e. The summed E-state index contributed by atoms with van der Waals surface area (Å²) in [7, 11) is 0. The van der Waals surface area contributed by atoms with Gasteiger partial charge in [-0.1, -0.05) is 0 Å². The molecule has 0 nitrogen and oxygen atoms in total. The number of hydrogen-bond donors (Lipinski definition) is 0. The van der Waals surface area contributed by atoms with E-state index in [9.17, 15) is 0 Å². The summed E-state index contributed by atoms with van der Waals surface area (Å²) < 4.78 is 1.79. The Kier molecular flexibility index (Phi) is 5.32. The molecule has 0 N–H and O–H groups in total. The van der Waals surface area contributed by atoms with Crippen molar-refractivity contribution in [2.75, 3.05) is 0 Å². The summed E-state index contributed by atoms with van der Waals surface area (Å²) in [5.41, 5.74) is 0. The van der Waals surface area contributed by atoms with Gasteiger partial charge in [0, 0.05) is 0 Å². The van der Waals surface area contributed by atoms with Gasteiger partial charge in [0.1, 0.15) is 0 Å². The summed E-state index contributed by atoms with van der Waals surface area (Å²) in [6.07, 6.45) is 8.19. The maximum atomic E-state index is 2.62. The van der Waals surface area contributed by atoms with Crippen LogP contribution in [0.25, 0.3) is 0 Å². The van der Waals surface area contributed by atoms with Crippen LogP contribution < -0.4 is 0 Å². The average Bonchev–Trinajstić information content (AvgIpc) is 2.34. The first-order valence-corrected chi connectivity index (χ1v) is 18.0. The molecule has 0 spiro atoms. The molecule has 1 aliphatic rings. The van der Waals surface area contributed by atoms with Gasteiger partial charge >= 0.3 is 82.5 Å². The van der Waals surface area contributed by atoms with Crippen LogP contribution in [-0.2, 0) is 13.3 Å². The van der Waals surface area contributed by atoms with Gasteiger partial charge in [0.25, 0.3) is 0 Å². The molecule has 0 atom stereocenters. The van der Waals surface area contributed by atoms with Crippen LogP contribution in [-0.4, -0.2) is 6.66 Å². The summed E-state index contributed by atoms with van der Waals surface area (Å²) in [6.45, 7) is 4.48. The zero-order valence-corrected chi connectivity index (χ0v) is 15.2. The Morgan fingerprint density at radius 1 is 1.07 bits per heavy atom. The van der Waals surface area contributed by atoms with Crippen LogP contribution in [0.5, 0.6) is 0 Å². The van der Waals surface area contributed by atoms with Crippen LogP contribution in [0.1, 0.15) is 6.42 Å². The van der Waals surface area contributed by atoms with Crippen molar-refractivity contribution >= 4 is 31.5 Å². The minimum absolute atomic E-state index is 0. The van der Waals surface area contributed by atoms with Crippen LogP contribution in [0.2, 0.25) is 34.0 Å². The summed E-state index contributed by atoms with van der Waals surface area (Å²) >= 11 is -2.67. The minimum Gasteiger partial charge on any atom is -0.147 e. The van der Waals surface area contributed by atoms with E-state index in [1.165, 1.54) is 6.42 Å². The van der Waals surface area contributed by atoms with Gasteiger partial charge in [-0.15, -0.1) is 24.8 Å². The molecule has 0 aromatic carbocycles. The fourth-order valence-corrected chi connectivity index (χ4v) is 9.75. The smallest absolute Gasteiger partial charge is 0.147 e. The summed E-state index contributed by atoms with van der Waals surface area (Å²) in [5.74, 6) is 0. The monoisotopic (exact) mass is 304 g/mol. The van der Waals surface area contributed by atoms with Crippen molar-refractivity contribution in [3.05, 3.63) is 22.1 Å². The number of allylic oxidation sites excluding steroid dienone is 4. The Balaban J connectivity index is 0. The Labute approximate surface area is 107 Å². The molecule has 0 fully saturated rings. The topological polar surface area (TPSA) is 0 Å². The first-order chi connectivity index (χ1) is 5.58. The van der Waals surface area contributed by atoms with Crippen molar-refractivity contribution in [3.63, 3.8) is 0 Å². The standard InChI is InChI=1S/C5H5.C2H7Si.4CH3.2ClH.Ti/c1-2-4-5-3-1;1-3-2;;;;;;;/h1-3H,4H2;3H,1-2H3;4*1H3;2*1H;. The van der Waals surface area contributed by atoms with Crippen LogP contribution in [0, 0.1) is 0 Å². The molecule has 0 bridgehead atoms. The third kappa shape index (κ3) is 3.23. The Morgan fingerprint density at radius 3 is 1.80 bits per heavy atom. The van der Waals surface area contributed by atoms with Gasteiger partial charge in [0.15, 0.2) is 0 Å². The van der Waals surface area contributed by atoms with Crippen LogP contribution >= 0.6 is 24.8 Å². The Bertz CT molecular complexity index is 295. The molecule has 4 heteroatoms. The third-order valence-corrected chi connectivity index (χ3v) is 41.1. The SMILES string of the molecule is C[SiH](C)[Ti]([CH3])([CH3])([CH3])([CH3])[C]1=CC=CC1.Cl.Cl. The first kappa shape index (κ1) is 18.4. The molecule has 1 rings (SSSR count). The zero-order valence-electron chi connectivity index (χ0n) is 10.8. The fourth-order valence-electron chi connectivity index (χ4n) is 1.67. The van der Waals surface area contributed by atoms with E-state index in [1.807, 2.05) is 0 Å². The Morgan fingerprint density at radius 2 is 1.53 bits per heavy atom. The first-order valence-electron chi connectivity index (χ1n) is 5.41.